The van der Waals surface area contributed by atoms with Gasteiger partial charge in [0.1, 0.15) is 11.6 Å². The Labute approximate surface area is 196 Å². The number of fused-ring (bicyclic) bond motifs is 2. The minimum atomic E-state index is -0.373. The van der Waals surface area contributed by atoms with Gasteiger partial charge in [-0.05, 0) is 48.1 Å². The van der Waals surface area contributed by atoms with E-state index in [4.69, 9.17) is 10.1 Å². The van der Waals surface area contributed by atoms with E-state index in [-0.39, 0.29) is 11.7 Å². The molecular weight excluding hydrogens is 432 g/mol. The fraction of sp³-hybridized carbons (Fsp3) is 0.192. The highest BCUT2D eigenvalue weighted by atomic mass is 32.2. The van der Waals surface area contributed by atoms with E-state index in [0.717, 1.165) is 41.6 Å². The molecule has 3 heterocycles. The van der Waals surface area contributed by atoms with E-state index in [0.29, 0.717) is 17.3 Å². The van der Waals surface area contributed by atoms with Crippen LogP contribution in [0.4, 0.5) is 0 Å². The largest absolute Gasteiger partial charge is 0.494 e. The fourth-order valence-corrected chi connectivity index (χ4v) is 4.71. The van der Waals surface area contributed by atoms with Gasteiger partial charge in [-0.1, -0.05) is 49.0 Å². The van der Waals surface area contributed by atoms with Crippen molar-refractivity contribution in [3.8, 4) is 5.75 Å². The third kappa shape index (κ3) is 4.24. The Kier molecular flexibility index (Phi) is 5.88. The lowest BCUT2D eigenvalue weighted by molar-refractivity contribution is -0.114. The van der Waals surface area contributed by atoms with Gasteiger partial charge in [0, 0.05) is 35.4 Å². The molecule has 2 aliphatic rings. The molecule has 7 heteroatoms. The Morgan fingerprint density at radius 1 is 1.15 bits per heavy atom. The van der Waals surface area contributed by atoms with Crippen molar-refractivity contribution in [3.63, 3.8) is 0 Å². The highest BCUT2D eigenvalue weighted by molar-refractivity contribution is 8.16. The van der Waals surface area contributed by atoms with Crippen LogP contribution in [0.5, 0.6) is 5.75 Å². The summed E-state index contributed by atoms with van der Waals surface area (Å²) in [6.07, 6.45) is 7.47. The second kappa shape index (κ2) is 9.11. The first-order chi connectivity index (χ1) is 16.1. The number of amides is 1. The van der Waals surface area contributed by atoms with Gasteiger partial charge in [0.25, 0.3) is 5.91 Å². The average molecular weight is 457 g/mol. The maximum Gasteiger partial charge on any atom is 0.283 e. The number of nitrogens with zero attached hydrogens (tertiary/aromatic N) is 3. The van der Waals surface area contributed by atoms with Gasteiger partial charge in [0.2, 0.25) is 0 Å². The van der Waals surface area contributed by atoms with Crippen molar-refractivity contribution < 1.29 is 9.53 Å². The number of carbonyl (C=O) groups excluding carboxylic acids is 1. The van der Waals surface area contributed by atoms with Gasteiger partial charge in [-0.2, -0.15) is 4.99 Å². The first-order valence-corrected chi connectivity index (χ1v) is 11.9. The average Bonchev–Trinajstić information content (AvgIpc) is 3.45. The van der Waals surface area contributed by atoms with E-state index in [2.05, 4.69) is 34.7 Å². The molecule has 3 aromatic rings. The molecule has 6 nitrogen and oxygen atoms in total. The topological polar surface area (TPSA) is 70.7 Å². The van der Waals surface area contributed by atoms with Gasteiger partial charge in [-0.15, -0.1) is 0 Å². The summed E-state index contributed by atoms with van der Waals surface area (Å²) in [7, 11) is 0. The van der Waals surface area contributed by atoms with Gasteiger partial charge in [0.05, 0.1) is 12.2 Å². The van der Waals surface area contributed by atoms with Gasteiger partial charge in [-0.25, -0.2) is 0 Å². The number of benzene rings is 2. The molecule has 2 aliphatic heterocycles. The summed E-state index contributed by atoms with van der Waals surface area (Å²) in [6.45, 7) is 3.55. The third-order valence-corrected chi connectivity index (χ3v) is 6.53. The zero-order valence-electron chi connectivity index (χ0n) is 18.3. The smallest absolute Gasteiger partial charge is 0.283 e. The summed E-state index contributed by atoms with van der Waals surface area (Å²) in [5.41, 5.74) is 3.60. The highest BCUT2D eigenvalue weighted by Crippen LogP contribution is 2.29. The van der Waals surface area contributed by atoms with Crippen molar-refractivity contribution in [3.05, 3.63) is 83.0 Å². The highest BCUT2D eigenvalue weighted by Gasteiger charge is 2.31. The van der Waals surface area contributed by atoms with Crippen molar-refractivity contribution >= 4 is 45.7 Å². The van der Waals surface area contributed by atoms with Crippen LogP contribution in [0.25, 0.3) is 17.0 Å². The lowest BCUT2D eigenvalue weighted by atomic mass is 10.1. The minimum absolute atomic E-state index is 0.158. The van der Waals surface area contributed by atoms with E-state index >= 15 is 0 Å². The SMILES string of the molecule is CCc1ccc(OCCCn2cc(/C=C3\C(=N)N4C=CSC4=NC3=O)c3ccccc32)cc1. The standard InChI is InChI=1S/C26H24N4O2S/c1-2-18-8-10-20(11-9-18)32-14-5-12-29-17-19(21-6-3-4-7-23(21)29)16-22-24(27)30-13-15-33-26(30)28-25(22)31/h3-4,6-11,13,15-17,27H,2,5,12,14H2,1H3/b22-16+,27-24?. The molecule has 0 fully saturated rings. The summed E-state index contributed by atoms with van der Waals surface area (Å²) >= 11 is 1.35. The zero-order chi connectivity index (χ0) is 22.8. The van der Waals surface area contributed by atoms with E-state index < -0.39 is 0 Å². The maximum absolute atomic E-state index is 12.6. The molecular formula is C26H24N4O2S. The van der Waals surface area contributed by atoms with Crippen molar-refractivity contribution in [1.82, 2.24) is 9.47 Å². The van der Waals surface area contributed by atoms with E-state index in [1.807, 2.05) is 41.9 Å². The van der Waals surface area contributed by atoms with Crippen LogP contribution < -0.4 is 4.74 Å². The summed E-state index contributed by atoms with van der Waals surface area (Å²) < 4.78 is 8.09. The van der Waals surface area contributed by atoms with Crippen LogP contribution in [-0.4, -0.2) is 33.0 Å². The molecule has 0 saturated heterocycles. The van der Waals surface area contributed by atoms with Crippen molar-refractivity contribution in [2.45, 2.75) is 26.3 Å². The third-order valence-electron chi connectivity index (χ3n) is 5.78. The molecule has 0 radical (unpaired) electrons. The van der Waals surface area contributed by atoms with Crippen LogP contribution in [0.15, 0.2) is 76.9 Å². The second-order valence-electron chi connectivity index (χ2n) is 7.87. The monoisotopic (exact) mass is 456 g/mol. The molecule has 0 saturated carbocycles. The van der Waals surface area contributed by atoms with Crippen molar-refractivity contribution in [1.29, 1.82) is 5.41 Å². The molecule has 0 atom stereocenters. The number of aliphatic imine (C=N–C) groups is 1. The molecule has 0 bridgehead atoms. The summed E-state index contributed by atoms with van der Waals surface area (Å²) in [5, 5.41) is 11.9. The number of para-hydroxylation sites is 1. The van der Waals surface area contributed by atoms with Crippen LogP contribution in [0, 0.1) is 5.41 Å². The van der Waals surface area contributed by atoms with Crippen molar-refractivity contribution in [2.24, 2.45) is 4.99 Å². The molecule has 2 aromatic carbocycles. The van der Waals surface area contributed by atoms with Crippen LogP contribution in [-0.2, 0) is 17.8 Å². The predicted octanol–water partition coefficient (Wildman–Crippen LogP) is 5.45. The molecule has 1 N–H and O–H groups in total. The maximum atomic E-state index is 12.6. The summed E-state index contributed by atoms with van der Waals surface area (Å²) in [5.74, 6) is 0.672. The number of rotatable bonds is 7. The fourth-order valence-electron chi connectivity index (χ4n) is 4.01. The van der Waals surface area contributed by atoms with Gasteiger partial charge >= 0.3 is 0 Å². The number of thioether (sulfide) groups is 1. The Morgan fingerprint density at radius 3 is 2.79 bits per heavy atom. The molecule has 0 spiro atoms. The number of aromatic nitrogens is 1. The first kappa shape index (κ1) is 21.3. The molecule has 1 aromatic heterocycles. The van der Waals surface area contributed by atoms with E-state index in [1.165, 1.54) is 17.3 Å². The molecule has 5 rings (SSSR count). The van der Waals surface area contributed by atoms with Gasteiger partial charge in [0.15, 0.2) is 5.17 Å². The number of amidine groups is 2. The Bertz CT molecular complexity index is 1320. The predicted molar refractivity (Wildman–Crippen MR) is 135 cm³/mol. The number of hydrogen-bond acceptors (Lipinski definition) is 4. The van der Waals surface area contributed by atoms with Gasteiger partial charge in [-0.3, -0.25) is 15.1 Å². The van der Waals surface area contributed by atoms with Gasteiger partial charge < -0.3 is 9.30 Å². The first-order valence-electron chi connectivity index (χ1n) is 11.0. The van der Waals surface area contributed by atoms with Crippen molar-refractivity contribution in [2.75, 3.05) is 6.61 Å². The Balaban J connectivity index is 1.34. The summed E-state index contributed by atoms with van der Waals surface area (Å²) in [4.78, 5) is 18.4. The molecule has 1 amide bonds. The zero-order valence-corrected chi connectivity index (χ0v) is 19.1. The molecule has 166 valence electrons. The summed E-state index contributed by atoms with van der Waals surface area (Å²) in [6, 6.07) is 16.4. The number of ether oxygens (including phenoxy) is 1. The minimum Gasteiger partial charge on any atom is -0.494 e. The number of hydrogen-bond donors (Lipinski definition) is 1. The van der Waals surface area contributed by atoms with Crippen LogP contribution in [0.1, 0.15) is 24.5 Å². The second-order valence-corrected chi connectivity index (χ2v) is 8.75. The van der Waals surface area contributed by atoms with E-state index in [1.54, 1.807) is 17.2 Å². The van der Waals surface area contributed by atoms with Crippen LogP contribution in [0.2, 0.25) is 0 Å². The lowest BCUT2D eigenvalue weighted by Gasteiger charge is -2.22. The Morgan fingerprint density at radius 2 is 1.97 bits per heavy atom. The number of aryl methyl sites for hydroxylation is 2. The van der Waals surface area contributed by atoms with Crippen LogP contribution >= 0.6 is 11.8 Å². The molecule has 33 heavy (non-hydrogen) atoms. The lowest BCUT2D eigenvalue weighted by Crippen LogP contribution is -2.35. The number of nitrogens with one attached hydrogen (secondary N) is 1. The van der Waals surface area contributed by atoms with Crippen LogP contribution in [0.3, 0.4) is 0 Å². The number of carbonyl (C=O) groups is 1. The normalized spacial score (nSPS) is 16.6. The van der Waals surface area contributed by atoms with E-state index in [9.17, 15) is 4.79 Å². The molecule has 0 unspecified atom stereocenters. The molecule has 0 aliphatic carbocycles. The Hall–Kier alpha value is -3.58. The quantitative estimate of drug-likeness (QED) is 0.379.